The number of ether oxygens (including phenoxy) is 1. The average Bonchev–Trinajstić information content (AvgIpc) is 2.96. The third kappa shape index (κ3) is 5.50. The van der Waals surface area contributed by atoms with Gasteiger partial charge in [0.2, 0.25) is 5.91 Å². The van der Waals surface area contributed by atoms with Crippen molar-refractivity contribution in [3.63, 3.8) is 0 Å². The van der Waals surface area contributed by atoms with Crippen molar-refractivity contribution in [2.75, 3.05) is 26.2 Å². The number of nitrogens with zero attached hydrogens (tertiary/aromatic N) is 1. The van der Waals surface area contributed by atoms with Crippen molar-refractivity contribution in [1.82, 2.24) is 10.2 Å². The molecule has 1 saturated heterocycles. The second-order valence-electron chi connectivity index (χ2n) is 6.10. The summed E-state index contributed by atoms with van der Waals surface area (Å²) < 4.78 is 5.52. The van der Waals surface area contributed by atoms with E-state index in [2.05, 4.69) is 24.1 Å². The molecular weight excluding hydrogens is 300 g/mol. The van der Waals surface area contributed by atoms with Crippen molar-refractivity contribution in [2.24, 2.45) is 5.92 Å². The molecule has 0 bridgehead atoms. The van der Waals surface area contributed by atoms with Gasteiger partial charge in [0.1, 0.15) is 5.75 Å². The van der Waals surface area contributed by atoms with Gasteiger partial charge in [-0.05, 0) is 57.0 Å². The molecule has 1 N–H and O–H groups in total. The van der Waals surface area contributed by atoms with E-state index in [-0.39, 0.29) is 5.91 Å². The predicted octanol–water partition coefficient (Wildman–Crippen LogP) is 2.96. The maximum absolute atomic E-state index is 11.8. The lowest BCUT2D eigenvalue weighted by atomic mass is 10.1. The molecule has 1 unspecified atom stereocenters. The van der Waals surface area contributed by atoms with E-state index < -0.39 is 0 Å². The molecule has 1 heterocycles. The molecule has 122 valence electrons. The predicted molar refractivity (Wildman–Crippen MR) is 89.4 cm³/mol. The normalized spacial score (nSPS) is 18.6. The van der Waals surface area contributed by atoms with Gasteiger partial charge in [0.15, 0.2) is 0 Å². The van der Waals surface area contributed by atoms with Crippen molar-refractivity contribution < 1.29 is 9.53 Å². The average molecular weight is 325 g/mol. The Morgan fingerprint density at radius 1 is 1.41 bits per heavy atom. The van der Waals surface area contributed by atoms with Gasteiger partial charge in [-0.15, -0.1) is 0 Å². The van der Waals surface area contributed by atoms with Gasteiger partial charge in [-0.1, -0.05) is 11.6 Å². The first-order valence-electron chi connectivity index (χ1n) is 7.93. The van der Waals surface area contributed by atoms with Crippen LogP contribution in [0.15, 0.2) is 24.3 Å². The highest BCUT2D eigenvalue weighted by Gasteiger charge is 2.24. The summed E-state index contributed by atoms with van der Waals surface area (Å²) in [5.74, 6) is 1.36. The van der Waals surface area contributed by atoms with Gasteiger partial charge in [0.25, 0.3) is 0 Å². The summed E-state index contributed by atoms with van der Waals surface area (Å²) in [4.78, 5) is 14.3. The number of hydrogen-bond acceptors (Lipinski definition) is 3. The fourth-order valence-electron chi connectivity index (χ4n) is 2.64. The molecule has 1 fully saturated rings. The molecule has 1 atom stereocenters. The van der Waals surface area contributed by atoms with Crippen LogP contribution in [0.3, 0.4) is 0 Å². The quantitative estimate of drug-likeness (QED) is 0.838. The van der Waals surface area contributed by atoms with Crippen LogP contribution in [0.1, 0.15) is 26.7 Å². The number of carbonyl (C=O) groups is 1. The van der Waals surface area contributed by atoms with E-state index in [1.165, 1.54) is 6.42 Å². The Kier molecular flexibility index (Phi) is 6.52. The van der Waals surface area contributed by atoms with Gasteiger partial charge in [-0.2, -0.15) is 0 Å². The number of halogens is 1. The highest BCUT2D eigenvalue weighted by molar-refractivity contribution is 6.30. The van der Waals surface area contributed by atoms with Gasteiger partial charge in [0.05, 0.1) is 13.0 Å². The third-order valence-corrected chi connectivity index (χ3v) is 4.30. The van der Waals surface area contributed by atoms with E-state index in [1.807, 2.05) is 0 Å². The van der Waals surface area contributed by atoms with Crippen LogP contribution in [0.5, 0.6) is 5.75 Å². The van der Waals surface area contributed by atoms with Crippen molar-refractivity contribution in [1.29, 1.82) is 0 Å². The Bertz CT molecular complexity index is 476. The molecule has 0 aliphatic carbocycles. The lowest BCUT2D eigenvalue weighted by Crippen LogP contribution is -2.33. The minimum Gasteiger partial charge on any atom is -0.493 e. The lowest BCUT2D eigenvalue weighted by molar-refractivity contribution is -0.121. The van der Waals surface area contributed by atoms with Crippen LogP contribution in [0.4, 0.5) is 0 Å². The van der Waals surface area contributed by atoms with Crippen LogP contribution < -0.4 is 10.1 Å². The zero-order valence-electron chi connectivity index (χ0n) is 13.3. The van der Waals surface area contributed by atoms with Crippen LogP contribution in [0.25, 0.3) is 0 Å². The summed E-state index contributed by atoms with van der Waals surface area (Å²) in [7, 11) is 0. The summed E-state index contributed by atoms with van der Waals surface area (Å²) in [5, 5.41) is 3.69. The maximum atomic E-state index is 11.8. The third-order valence-electron chi connectivity index (χ3n) is 4.05. The Hall–Kier alpha value is -1.26. The number of nitrogens with one attached hydrogen (secondary N) is 1. The van der Waals surface area contributed by atoms with Gasteiger partial charge in [0, 0.05) is 24.2 Å². The summed E-state index contributed by atoms with van der Waals surface area (Å²) in [6, 6.07) is 7.75. The SMILES string of the molecule is CC(C)N1CCC(CNC(=O)CCOc2ccc(Cl)cc2)C1. The highest BCUT2D eigenvalue weighted by atomic mass is 35.5. The molecule has 1 amide bonds. The molecular formula is C17H25ClN2O2. The molecule has 0 saturated carbocycles. The summed E-state index contributed by atoms with van der Waals surface area (Å²) in [6.07, 6.45) is 1.54. The topological polar surface area (TPSA) is 41.6 Å². The summed E-state index contributed by atoms with van der Waals surface area (Å²) >= 11 is 5.81. The van der Waals surface area contributed by atoms with E-state index in [1.54, 1.807) is 24.3 Å². The van der Waals surface area contributed by atoms with Crippen molar-refractivity contribution >= 4 is 17.5 Å². The first kappa shape index (κ1) is 17.1. The number of likely N-dealkylation sites (tertiary alicyclic amines) is 1. The monoisotopic (exact) mass is 324 g/mol. The minimum atomic E-state index is 0.0527. The summed E-state index contributed by atoms with van der Waals surface area (Å²) in [5.41, 5.74) is 0. The fourth-order valence-corrected chi connectivity index (χ4v) is 2.76. The van der Waals surface area contributed by atoms with Crippen molar-refractivity contribution in [2.45, 2.75) is 32.7 Å². The molecule has 22 heavy (non-hydrogen) atoms. The molecule has 1 aromatic carbocycles. The molecule has 4 nitrogen and oxygen atoms in total. The fraction of sp³-hybridized carbons (Fsp3) is 0.588. The van der Waals surface area contributed by atoms with E-state index >= 15 is 0 Å². The zero-order chi connectivity index (χ0) is 15.9. The molecule has 1 aliphatic heterocycles. The first-order valence-corrected chi connectivity index (χ1v) is 8.31. The van der Waals surface area contributed by atoms with Crippen LogP contribution in [-0.4, -0.2) is 43.1 Å². The van der Waals surface area contributed by atoms with Crippen molar-refractivity contribution in [3.05, 3.63) is 29.3 Å². The number of benzene rings is 1. The van der Waals surface area contributed by atoms with Crippen LogP contribution >= 0.6 is 11.6 Å². The van der Waals surface area contributed by atoms with Crippen LogP contribution in [-0.2, 0) is 4.79 Å². The Morgan fingerprint density at radius 3 is 2.77 bits per heavy atom. The standard InChI is InChI=1S/C17H25ClN2O2/c1-13(2)20-9-7-14(12-20)11-19-17(21)8-10-22-16-5-3-15(18)4-6-16/h3-6,13-14H,7-12H2,1-2H3,(H,19,21). The van der Waals surface area contributed by atoms with Gasteiger partial charge < -0.3 is 15.0 Å². The highest BCUT2D eigenvalue weighted by Crippen LogP contribution is 2.18. The molecule has 1 aliphatic rings. The first-order chi connectivity index (χ1) is 10.5. The van der Waals surface area contributed by atoms with Gasteiger partial charge in [-0.25, -0.2) is 0 Å². The van der Waals surface area contributed by atoms with E-state index in [4.69, 9.17) is 16.3 Å². The van der Waals surface area contributed by atoms with E-state index in [0.29, 0.717) is 30.0 Å². The molecule has 2 rings (SSSR count). The van der Waals surface area contributed by atoms with Crippen molar-refractivity contribution in [3.8, 4) is 5.75 Å². The Morgan fingerprint density at radius 2 is 2.14 bits per heavy atom. The number of amides is 1. The number of rotatable bonds is 7. The zero-order valence-corrected chi connectivity index (χ0v) is 14.1. The van der Waals surface area contributed by atoms with Gasteiger partial charge >= 0.3 is 0 Å². The van der Waals surface area contributed by atoms with Crippen LogP contribution in [0.2, 0.25) is 5.02 Å². The second-order valence-corrected chi connectivity index (χ2v) is 6.54. The van der Waals surface area contributed by atoms with E-state index in [0.717, 1.165) is 25.4 Å². The molecule has 1 aromatic rings. The molecule has 0 spiro atoms. The van der Waals surface area contributed by atoms with Crippen LogP contribution in [0, 0.1) is 5.92 Å². The lowest BCUT2D eigenvalue weighted by Gasteiger charge is -2.20. The van der Waals surface area contributed by atoms with E-state index in [9.17, 15) is 4.79 Å². The Labute approximate surface area is 137 Å². The number of hydrogen-bond donors (Lipinski definition) is 1. The molecule has 0 aromatic heterocycles. The second kappa shape index (κ2) is 8.39. The Balaban J connectivity index is 1.59. The minimum absolute atomic E-state index is 0.0527. The smallest absolute Gasteiger partial charge is 0.223 e. The maximum Gasteiger partial charge on any atom is 0.223 e. The largest absolute Gasteiger partial charge is 0.493 e. The molecule has 5 heteroatoms. The number of carbonyl (C=O) groups excluding carboxylic acids is 1. The molecule has 0 radical (unpaired) electrons. The summed E-state index contributed by atoms with van der Waals surface area (Å²) in [6.45, 7) is 7.81. The van der Waals surface area contributed by atoms with Gasteiger partial charge in [-0.3, -0.25) is 4.79 Å².